The Morgan fingerprint density at radius 2 is 1.75 bits per heavy atom. The van der Waals surface area contributed by atoms with E-state index >= 15 is 0 Å². The van der Waals surface area contributed by atoms with Gasteiger partial charge in [-0.15, -0.1) is 0 Å². The molecule has 0 saturated heterocycles. The van der Waals surface area contributed by atoms with Crippen molar-refractivity contribution in [1.82, 2.24) is 15.3 Å². The fourth-order valence-electron chi connectivity index (χ4n) is 4.98. The number of aromatic nitrogens is 2. The van der Waals surface area contributed by atoms with Gasteiger partial charge in [-0.2, -0.15) is 0 Å². The third-order valence-corrected chi connectivity index (χ3v) is 7.42. The number of nitrogens with zero attached hydrogens (tertiary/aromatic N) is 1. The molecular weight excluding hydrogens is 545 g/mol. The number of H-pyrrole nitrogens is 1. The maximum atomic E-state index is 13.3. The highest BCUT2D eigenvalue weighted by Gasteiger charge is 2.23. The lowest BCUT2D eigenvalue weighted by molar-refractivity contribution is 0.0697. The molecule has 0 spiro atoms. The van der Waals surface area contributed by atoms with Crippen molar-refractivity contribution in [2.24, 2.45) is 0 Å². The van der Waals surface area contributed by atoms with E-state index in [4.69, 9.17) is 28.2 Å². The number of benzene rings is 4. The molecule has 1 amide bonds. The van der Waals surface area contributed by atoms with Crippen LogP contribution in [-0.4, -0.2) is 27.0 Å². The molecule has 0 fully saturated rings. The largest absolute Gasteiger partial charge is 0.478 e. The zero-order valence-electron chi connectivity index (χ0n) is 22.0. The van der Waals surface area contributed by atoms with Crippen LogP contribution in [0.1, 0.15) is 57.7 Å². The van der Waals surface area contributed by atoms with Gasteiger partial charge in [0.2, 0.25) is 0 Å². The van der Waals surface area contributed by atoms with E-state index < -0.39 is 5.97 Å². The number of hydrogen-bond acceptors (Lipinski definition) is 3. The van der Waals surface area contributed by atoms with Gasteiger partial charge in [-0.3, -0.25) is 4.79 Å². The highest BCUT2D eigenvalue weighted by molar-refractivity contribution is 6.34. The number of aryl methyl sites for hydroxylation is 1. The van der Waals surface area contributed by atoms with Crippen LogP contribution in [-0.2, 0) is 0 Å². The molecule has 1 aromatic heterocycles. The van der Waals surface area contributed by atoms with Crippen molar-refractivity contribution in [3.63, 3.8) is 0 Å². The minimum absolute atomic E-state index is 0.0379. The summed E-state index contributed by atoms with van der Waals surface area (Å²) in [6, 6.07) is 23.1. The molecule has 5 rings (SSSR count). The van der Waals surface area contributed by atoms with Gasteiger partial charge in [0, 0.05) is 26.7 Å². The van der Waals surface area contributed by atoms with Crippen LogP contribution in [0, 0.1) is 6.92 Å². The highest BCUT2D eigenvalue weighted by Crippen LogP contribution is 2.39. The summed E-state index contributed by atoms with van der Waals surface area (Å²) in [5, 5.41) is 14.2. The summed E-state index contributed by atoms with van der Waals surface area (Å²) in [6.45, 7) is 3.99. The third kappa shape index (κ3) is 5.46. The number of amides is 1. The van der Waals surface area contributed by atoms with Crippen LogP contribution in [0.4, 0.5) is 0 Å². The summed E-state index contributed by atoms with van der Waals surface area (Å²) in [5.41, 5.74) is 5.18. The first-order valence-corrected chi connectivity index (χ1v) is 13.7. The number of halogens is 2. The lowest BCUT2D eigenvalue weighted by Gasteiger charge is -2.19. The number of carbonyl (C=O) groups excluding carboxylic acids is 1. The fraction of sp³-hybridized carbons (Fsp3) is 0.156. The van der Waals surface area contributed by atoms with Crippen LogP contribution < -0.4 is 5.32 Å². The highest BCUT2D eigenvalue weighted by atomic mass is 35.5. The summed E-state index contributed by atoms with van der Waals surface area (Å²) >= 11 is 12.9. The maximum Gasteiger partial charge on any atom is 0.336 e. The topological polar surface area (TPSA) is 95.1 Å². The molecule has 0 radical (unpaired) electrons. The van der Waals surface area contributed by atoms with Gasteiger partial charge in [-0.25, -0.2) is 9.78 Å². The molecule has 0 saturated carbocycles. The summed E-state index contributed by atoms with van der Waals surface area (Å²) in [4.78, 5) is 33.8. The van der Waals surface area contributed by atoms with Crippen molar-refractivity contribution in [2.45, 2.75) is 32.7 Å². The molecule has 0 bridgehead atoms. The van der Waals surface area contributed by atoms with Crippen LogP contribution in [0.25, 0.3) is 33.5 Å². The number of rotatable bonds is 8. The first-order valence-electron chi connectivity index (χ1n) is 12.9. The van der Waals surface area contributed by atoms with E-state index in [9.17, 15) is 14.7 Å². The van der Waals surface area contributed by atoms with E-state index in [-0.39, 0.29) is 23.1 Å². The fourth-order valence-corrected chi connectivity index (χ4v) is 5.53. The van der Waals surface area contributed by atoms with Crippen molar-refractivity contribution >= 4 is 46.1 Å². The minimum Gasteiger partial charge on any atom is -0.478 e. The third-order valence-electron chi connectivity index (χ3n) is 6.89. The summed E-state index contributed by atoms with van der Waals surface area (Å²) in [5.74, 6) is -0.988. The van der Waals surface area contributed by atoms with Gasteiger partial charge < -0.3 is 15.4 Å². The van der Waals surface area contributed by atoms with Crippen LogP contribution in [0.2, 0.25) is 10.0 Å². The van der Waals surface area contributed by atoms with Crippen molar-refractivity contribution in [3.8, 4) is 22.5 Å². The lowest BCUT2D eigenvalue weighted by atomic mass is 9.93. The molecule has 40 heavy (non-hydrogen) atoms. The Labute approximate surface area is 242 Å². The Balaban J connectivity index is 1.56. The molecule has 1 atom stereocenters. The number of aromatic amines is 1. The van der Waals surface area contributed by atoms with E-state index in [0.29, 0.717) is 38.1 Å². The van der Waals surface area contributed by atoms with Gasteiger partial charge in [0.05, 0.1) is 22.6 Å². The normalized spacial score (nSPS) is 11.9. The summed E-state index contributed by atoms with van der Waals surface area (Å²) in [7, 11) is 0. The monoisotopic (exact) mass is 571 g/mol. The molecular formula is C32H27Cl2N3O3. The van der Waals surface area contributed by atoms with Crippen molar-refractivity contribution in [3.05, 3.63) is 111 Å². The van der Waals surface area contributed by atoms with E-state index in [2.05, 4.69) is 17.2 Å². The lowest BCUT2D eigenvalue weighted by Crippen LogP contribution is -2.28. The first-order chi connectivity index (χ1) is 19.3. The molecule has 4 aromatic carbocycles. The van der Waals surface area contributed by atoms with E-state index in [0.717, 1.165) is 29.5 Å². The van der Waals surface area contributed by atoms with E-state index in [1.54, 1.807) is 30.3 Å². The molecule has 3 N–H and O–H groups in total. The van der Waals surface area contributed by atoms with Gasteiger partial charge in [0.25, 0.3) is 5.91 Å². The van der Waals surface area contributed by atoms with Crippen LogP contribution in [0.3, 0.4) is 0 Å². The number of carboxylic acids is 1. The molecule has 0 aliphatic rings. The number of carboxylic acid groups (broad SMARTS) is 1. The van der Waals surface area contributed by atoms with Crippen molar-refractivity contribution in [2.75, 3.05) is 0 Å². The van der Waals surface area contributed by atoms with Crippen molar-refractivity contribution in [1.29, 1.82) is 0 Å². The molecule has 6 nitrogen and oxygen atoms in total. The Kier molecular flexibility index (Phi) is 7.92. The van der Waals surface area contributed by atoms with Gasteiger partial charge in [0.1, 0.15) is 5.82 Å². The molecule has 5 aromatic rings. The van der Waals surface area contributed by atoms with Crippen LogP contribution >= 0.6 is 23.2 Å². The van der Waals surface area contributed by atoms with Crippen LogP contribution in [0.5, 0.6) is 0 Å². The van der Waals surface area contributed by atoms with E-state index in [1.165, 1.54) is 6.07 Å². The predicted octanol–water partition coefficient (Wildman–Crippen LogP) is 8.48. The average Bonchev–Trinajstić information content (AvgIpc) is 3.37. The molecule has 202 valence electrons. The van der Waals surface area contributed by atoms with E-state index in [1.807, 2.05) is 49.4 Å². The molecule has 0 aliphatic heterocycles. The number of aromatic carboxylic acids is 1. The molecule has 1 heterocycles. The number of carbonyl (C=O) groups is 2. The van der Waals surface area contributed by atoms with Gasteiger partial charge in [-0.05, 0) is 60.4 Å². The van der Waals surface area contributed by atoms with Gasteiger partial charge >= 0.3 is 5.97 Å². The second-order valence-electron chi connectivity index (χ2n) is 9.66. The number of fused-ring (bicyclic) bond motifs is 1. The molecule has 8 heteroatoms. The number of hydrogen-bond donors (Lipinski definition) is 3. The second kappa shape index (κ2) is 11.5. The quantitative estimate of drug-likeness (QED) is 0.174. The average molecular weight is 572 g/mol. The SMILES string of the molecule is CCC[C@@H](NC(=O)c1ccc(-c2c(Cl)cccc2-c2nc3cc(Cl)cc(C)c3[nH]2)c(C(=O)O)c1)c1ccccc1. The Morgan fingerprint density at radius 3 is 2.48 bits per heavy atom. The standard InChI is InChI=1S/C32H27Cl2N3O3/c1-3-8-26(19-9-5-4-6-10-19)36-31(38)20-13-14-22(24(16-20)32(39)40)28-23(11-7-12-25(28)34)30-35-27-17-21(33)15-18(2)29(27)37-30/h4-7,9-17,26H,3,8H2,1-2H3,(H,35,37)(H,36,38)(H,39,40)/t26-/m1/s1. The van der Waals surface area contributed by atoms with Gasteiger partial charge in [0.15, 0.2) is 0 Å². The number of nitrogens with one attached hydrogen (secondary N) is 2. The van der Waals surface area contributed by atoms with Crippen LogP contribution in [0.15, 0.2) is 78.9 Å². The smallest absolute Gasteiger partial charge is 0.336 e. The first kappa shape index (κ1) is 27.4. The zero-order valence-corrected chi connectivity index (χ0v) is 23.5. The predicted molar refractivity (Wildman–Crippen MR) is 160 cm³/mol. The molecule has 0 unspecified atom stereocenters. The Bertz CT molecular complexity index is 1730. The molecule has 0 aliphatic carbocycles. The zero-order chi connectivity index (χ0) is 28.4. The number of imidazole rings is 1. The summed E-state index contributed by atoms with van der Waals surface area (Å²) in [6.07, 6.45) is 1.63. The minimum atomic E-state index is -1.17. The Hall–Kier alpha value is -4.13. The summed E-state index contributed by atoms with van der Waals surface area (Å²) < 4.78 is 0. The second-order valence-corrected chi connectivity index (χ2v) is 10.5. The van der Waals surface area contributed by atoms with Gasteiger partial charge in [-0.1, -0.05) is 85.1 Å². The Morgan fingerprint density at radius 1 is 0.975 bits per heavy atom. The van der Waals surface area contributed by atoms with Crippen molar-refractivity contribution < 1.29 is 14.7 Å². The maximum absolute atomic E-state index is 13.3.